The van der Waals surface area contributed by atoms with Gasteiger partial charge in [0.1, 0.15) is 17.6 Å². The molecule has 6 nitrogen and oxygen atoms in total. The van der Waals surface area contributed by atoms with Crippen LogP contribution in [0, 0.1) is 18.3 Å². The number of aromatic nitrogens is 1. The van der Waals surface area contributed by atoms with Crippen LogP contribution in [0.25, 0.3) is 5.76 Å². The zero-order valence-corrected chi connectivity index (χ0v) is 16.7. The highest BCUT2D eigenvalue weighted by molar-refractivity contribution is 5.59. The number of nitrogens with zero attached hydrogens (tertiary/aromatic N) is 4. The van der Waals surface area contributed by atoms with Crippen molar-refractivity contribution in [3.8, 4) is 6.07 Å². The Morgan fingerprint density at radius 3 is 2.64 bits per heavy atom. The fourth-order valence-corrected chi connectivity index (χ4v) is 2.88. The van der Waals surface area contributed by atoms with Crippen LogP contribution >= 0.6 is 0 Å². The lowest BCUT2D eigenvalue weighted by Gasteiger charge is -2.26. The SMILES string of the molecule is C=C(OC)c1ccc(CN(C=O)CCN(CC)c2ccc(C#N)cn2)c(C)c1. The minimum absolute atomic E-state index is 0.532. The van der Waals surface area contributed by atoms with Crippen LogP contribution in [-0.2, 0) is 16.1 Å². The highest BCUT2D eigenvalue weighted by atomic mass is 16.5. The van der Waals surface area contributed by atoms with Gasteiger partial charge in [-0.25, -0.2) is 4.98 Å². The third-order valence-electron chi connectivity index (χ3n) is 4.67. The average molecular weight is 378 g/mol. The summed E-state index contributed by atoms with van der Waals surface area (Å²) in [5.74, 6) is 1.42. The molecule has 0 aliphatic heterocycles. The van der Waals surface area contributed by atoms with Crippen molar-refractivity contribution in [2.45, 2.75) is 20.4 Å². The van der Waals surface area contributed by atoms with Gasteiger partial charge >= 0.3 is 0 Å². The summed E-state index contributed by atoms with van der Waals surface area (Å²) >= 11 is 0. The molecule has 0 aliphatic carbocycles. The number of hydrogen-bond acceptors (Lipinski definition) is 5. The maximum absolute atomic E-state index is 11.6. The van der Waals surface area contributed by atoms with Gasteiger partial charge in [0.25, 0.3) is 0 Å². The van der Waals surface area contributed by atoms with Crippen molar-refractivity contribution in [1.82, 2.24) is 9.88 Å². The monoisotopic (exact) mass is 378 g/mol. The van der Waals surface area contributed by atoms with Crippen LogP contribution in [0.1, 0.15) is 29.2 Å². The van der Waals surface area contributed by atoms with Crippen molar-refractivity contribution in [3.05, 3.63) is 65.4 Å². The van der Waals surface area contributed by atoms with Crippen LogP contribution in [0.4, 0.5) is 5.82 Å². The van der Waals surface area contributed by atoms with E-state index in [9.17, 15) is 4.79 Å². The Morgan fingerprint density at radius 2 is 2.11 bits per heavy atom. The summed E-state index contributed by atoms with van der Waals surface area (Å²) in [6.07, 6.45) is 2.44. The first-order valence-corrected chi connectivity index (χ1v) is 9.15. The number of hydrogen-bond donors (Lipinski definition) is 0. The topological polar surface area (TPSA) is 69.5 Å². The fourth-order valence-electron chi connectivity index (χ4n) is 2.88. The predicted molar refractivity (Wildman–Crippen MR) is 111 cm³/mol. The van der Waals surface area contributed by atoms with E-state index < -0.39 is 0 Å². The molecule has 146 valence electrons. The summed E-state index contributed by atoms with van der Waals surface area (Å²) in [4.78, 5) is 19.7. The number of aryl methyl sites for hydroxylation is 1. The molecule has 6 heteroatoms. The van der Waals surface area contributed by atoms with Crippen LogP contribution < -0.4 is 4.90 Å². The lowest BCUT2D eigenvalue weighted by atomic mass is 10.0. The van der Waals surface area contributed by atoms with E-state index in [1.54, 1.807) is 24.3 Å². The number of carbonyl (C=O) groups is 1. The van der Waals surface area contributed by atoms with Crippen LogP contribution in [0.2, 0.25) is 0 Å². The summed E-state index contributed by atoms with van der Waals surface area (Å²) in [6.45, 7) is 10.5. The number of anilines is 1. The Hall–Kier alpha value is -3.33. The normalized spacial score (nSPS) is 10.1. The van der Waals surface area contributed by atoms with E-state index in [4.69, 9.17) is 10.00 Å². The molecule has 1 aromatic carbocycles. The van der Waals surface area contributed by atoms with E-state index in [0.717, 1.165) is 35.5 Å². The summed E-state index contributed by atoms with van der Waals surface area (Å²) in [5, 5.41) is 8.90. The van der Waals surface area contributed by atoms with Crippen molar-refractivity contribution in [2.24, 2.45) is 0 Å². The third kappa shape index (κ3) is 5.34. The first kappa shape index (κ1) is 21.0. The van der Waals surface area contributed by atoms with E-state index in [2.05, 4.69) is 22.5 Å². The van der Waals surface area contributed by atoms with Crippen molar-refractivity contribution in [1.29, 1.82) is 5.26 Å². The number of methoxy groups -OCH3 is 1. The van der Waals surface area contributed by atoms with Crippen LogP contribution in [-0.4, -0.2) is 43.0 Å². The number of pyridine rings is 1. The Balaban J connectivity index is 2.02. The Morgan fingerprint density at radius 1 is 1.32 bits per heavy atom. The minimum atomic E-state index is 0.532. The first-order chi connectivity index (χ1) is 13.5. The van der Waals surface area contributed by atoms with Gasteiger partial charge in [0.15, 0.2) is 0 Å². The van der Waals surface area contributed by atoms with Crippen LogP contribution in [0.5, 0.6) is 0 Å². The number of nitriles is 1. The van der Waals surface area contributed by atoms with Gasteiger partial charge in [0, 0.05) is 37.9 Å². The highest BCUT2D eigenvalue weighted by Gasteiger charge is 2.11. The van der Waals surface area contributed by atoms with E-state index in [1.807, 2.05) is 38.1 Å². The van der Waals surface area contributed by atoms with Gasteiger partial charge in [-0.2, -0.15) is 5.26 Å². The fraction of sp³-hybridized carbons (Fsp3) is 0.318. The molecule has 0 bridgehead atoms. The van der Waals surface area contributed by atoms with E-state index in [-0.39, 0.29) is 0 Å². The molecule has 0 atom stereocenters. The zero-order chi connectivity index (χ0) is 20.5. The molecule has 0 aliphatic rings. The number of carbonyl (C=O) groups excluding carboxylic acids is 1. The third-order valence-corrected chi connectivity index (χ3v) is 4.67. The van der Waals surface area contributed by atoms with Crippen molar-refractivity contribution in [3.63, 3.8) is 0 Å². The lowest BCUT2D eigenvalue weighted by Crippen LogP contribution is -2.34. The molecule has 0 unspecified atom stereocenters. The average Bonchev–Trinajstić information content (AvgIpc) is 2.74. The van der Waals surface area contributed by atoms with Crippen molar-refractivity contribution < 1.29 is 9.53 Å². The Bertz CT molecular complexity index is 856. The second-order valence-corrected chi connectivity index (χ2v) is 6.44. The molecule has 28 heavy (non-hydrogen) atoms. The maximum atomic E-state index is 11.6. The lowest BCUT2D eigenvalue weighted by molar-refractivity contribution is -0.118. The number of likely N-dealkylation sites (N-methyl/N-ethyl adjacent to an activating group) is 1. The number of amides is 1. The van der Waals surface area contributed by atoms with Gasteiger partial charge in [0.05, 0.1) is 12.7 Å². The molecule has 0 radical (unpaired) electrons. The molecule has 2 rings (SSSR count). The maximum Gasteiger partial charge on any atom is 0.210 e. The predicted octanol–water partition coefficient (Wildman–Crippen LogP) is 3.36. The minimum Gasteiger partial charge on any atom is -0.497 e. The van der Waals surface area contributed by atoms with Crippen LogP contribution in [0.15, 0.2) is 43.1 Å². The molecule has 1 aromatic heterocycles. The highest BCUT2D eigenvalue weighted by Crippen LogP contribution is 2.19. The van der Waals surface area contributed by atoms with Gasteiger partial charge in [0.2, 0.25) is 6.41 Å². The van der Waals surface area contributed by atoms with E-state index >= 15 is 0 Å². The van der Waals surface area contributed by atoms with Gasteiger partial charge in [-0.15, -0.1) is 0 Å². The van der Waals surface area contributed by atoms with Crippen molar-refractivity contribution >= 4 is 18.0 Å². The smallest absolute Gasteiger partial charge is 0.210 e. The van der Waals surface area contributed by atoms with E-state index in [1.165, 1.54) is 0 Å². The van der Waals surface area contributed by atoms with E-state index in [0.29, 0.717) is 31.0 Å². The second kappa shape index (κ2) is 10.1. The Kier molecular flexibility index (Phi) is 7.58. The zero-order valence-electron chi connectivity index (χ0n) is 16.7. The molecule has 1 amide bonds. The summed E-state index contributed by atoms with van der Waals surface area (Å²) in [7, 11) is 1.60. The molecule has 0 fully saturated rings. The summed E-state index contributed by atoms with van der Waals surface area (Å²) < 4.78 is 5.18. The summed E-state index contributed by atoms with van der Waals surface area (Å²) in [6, 6.07) is 11.6. The van der Waals surface area contributed by atoms with Crippen molar-refractivity contribution in [2.75, 3.05) is 31.6 Å². The Labute approximate surface area is 166 Å². The number of ether oxygens (including phenoxy) is 1. The molecule has 2 aromatic rings. The second-order valence-electron chi connectivity index (χ2n) is 6.44. The standard InChI is InChI=1S/C22H26N4O2/c1-5-26(22-9-6-19(13-23)14-24-22)11-10-25(16-27)15-21-8-7-20(12-17(21)2)18(3)28-4/h6-9,12,14,16H,3,5,10-11,15H2,1-2,4H3. The first-order valence-electron chi connectivity index (χ1n) is 9.15. The van der Waals surface area contributed by atoms with Gasteiger partial charge in [-0.05, 0) is 43.2 Å². The van der Waals surface area contributed by atoms with Crippen LogP contribution in [0.3, 0.4) is 0 Å². The van der Waals surface area contributed by atoms with Gasteiger partial charge in [-0.1, -0.05) is 18.7 Å². The number of benzene rings is 1. The molecule has 0 saturated heterocycles. The number of rotatable bonds is 10. The van der Waals surface area contributed by atoms with Gasteiger partial charge < -0.3 is 14.5 Å². The molecular weight excluding hydrogens is 352 g/mol. The molecular formula is C22H26N4O2. The quantitative estimate of drug-likeness (QED) is 0.468. The summed E-state index contributed by atoms with van der Waals surface area (Å²) in [5.41, 5.74) is 3.64. The molecule has 0 N–H and O–H groups in total. The molecule has 0 saturated carbocycles. The molecule has 0 spiro atoms. The largest absolute Gasteiger partial charge is 0.497 e. The molecule has 1 heterocycles. The van der Waals surface area contributed by atoms with Gasteiger partial charge in [-0.3, -0.25) is 4.79 Å².